The first-order valence-corrected chi connectivity index (χ1v) is 4.33. The number of hydrogen-bond donors (Lipinski definition) is 2. The van der Waals surface area contributed by atoms with Crippen LogP contribution in [0.3, 0.4) is 0 Å². The Morgan fingerprint density at radius 3 is 2.36 bits per heavy atom. The van der Waals surface area contributed by atoms with Gasteiger partial charge in [0.15, 0.2) is 11.6 Å². The molecule has 0 saturated heterocycles. The minimum atomic E-state index is -0.974. The summed E-state index contributed by atoms with van der Waals surface area (Å²) in [5.41, 5.74) is 5.73. The van der Waals surface area contributed by atoms with Crippen LogP contribution >= 0.6 is 0 Å². The van der Waals surface area contributed by atoms with E-state index in [1.807, 2.05) is 0 Å². The summed E-state index contributed by atoms with van der Waals surface area (Å²) in [7, 11) is 0. The van der Waals surface area contributed by atoms with Gasteiger partial charge in [0.05, 0.1) is 12.1 Å². The Morgan fingerprint density at radius 2 is 1.86 bits per heavy atom. The average molecular weight is 201 g/mol. The average Bonchev–Trinajstić information content (AvgIpc) is 2.13. The SMILES string of the molecule is Cc1ccc([C@@H](N)[C@@H](C)O)c(F)c1F. The van der Waals surface area contributed by atoms with E-state index in [1.165, 1.54) is 26.0 Å². The van der Waals surface area contributed by atoms with Crippen LogP contribution in [0.1, 0.15) is 24.1 Å². The van der Waals surface area contributed by atoms with E-state index in [0.717, 1.165) is 0 Å². The lowest BCUT2D eigenvalue weighted by Crippen LogP contribution is -2.24. The van der Waals surface area contributed by atoms with E-state index in [-0.39, 0.29) is 11.1 Å². The second-order valence-corrected chi connectivity index (χ2v) is 3.37. The van der Waals surface area contributed by atoms with Crippen LogP contribution in [0.25, 0.3) is 0 Å². The summed E-state index contributed by atoms with van der Waals surface area (Å²) in [4.78, 5) is 0. The van der Waals surface area contributed by atoms with Crippen molar-refractivity contribution < 1.29 is 13.9 Å². The number of rotatable bonds is 2. The number of nitrogens with two attached hydrogens (primary N) is 1. The maximum absolute atomic E-state index is 13.3. The van der Waals surface area contributed by atoms with Gasteiger partial charge in [-0.05, 0) is 19.4 Å². The molecule has 0 aliphatic heterocycles. The van der Waals surface area contributed by atoms with Crippen molar-refractivity contribution in [2.45, 2.75) is 26.0 Å². The van der Waals surface area contributed by atoms with Gasteiger partial charge in [0.1, 0.15) is 0 Å². The summed E-state index contributed by atoms with van der Waals surface area (Å²) in [5.74, 6) is -1.88. The van der Waals surface area contributed by atoms with Crippen molar-refractivity contribution in [2.75, 3.05) is 0 Å². The highest BCUT2D eigenvalue weighted by Gasteiger charge is 2.19. The molecule has 1 aromatic carbocycles. The van der Waals surface area contributed by atoms with Gasteiger partial charge in [-0.2, -0.15) is 0 Å². The first kappa shape index (κ1) is 11.1. The van der Waals surface area contributed by atoms with Gasteiger partial charge in [-0.1, -0.05) is 12.1 Å². The molecule has 0 unspecified atom stereocenters. The number of hydrogen-bond acceptors (Lipinski definition) is 2. The predicted molar refractivity (Wildman–Crippen MR) is 49.7 cm³/mol. The highest BCUT2D eigenvalue weighted by atomic mass is 19.2. The van der Waals surface area contributed by atoms with Crippen LogP contribution in [0.5, 0.6) is 0 Å². The number of aliphatic hydroxyl groups excluding tert-OH is 1. The smallest absolute Gasteiger partial charge is 0.163 e. The van der Waals surface area contributed by atoms with Crippen LogP contribution in [-0.2, 0) is 0 Å². The van der Waals surface area contributed by atoms with Gasteiger partial charge in [-0.15, -0.1) is 0 Å². The van der Waals surface area contributed by atoms with E-state index in [9.17, 15) is 8.78 Å². The van der Waals surface area contributed by atoms with Crippen molar-refractivity contribution in [3.05, 3.63) is 34.9 Å². The molecular formula is C10H13F2NO. The number of benzene rings is 1. The van der Waals surface area contributed by atoms with Crippen molar-refractivity contribution in [3.8, 4) is 0 Å². The third-order valence-electron chi connectivity index (χ3n) is 2.18. The Morgan fingerprint density at radius 1 is 1.29 bits per heavy atom. The molecule has 14 heavy (non-hydrogen) atoms. The van der Waals surface area contributed by atoms with Crippen LogP contribution in [0.2, 0.25) is 0 Å². The lowest BCUT2D eigenvalue weighted by atomic mass is 10.0. The lowest BCUT2D eigenvalue weighted by molar-refractivity contribution is 0.162. The molecule has 0 bridgehead atoms. The second kappa shape index (κ2) is 4.02. The zero-order chi connectivity index (χ0) is 10.9. The quantitative estimate of drug-likeness (QED) is 0.764. The fourth-order valence-electron chi connectivity index (χ4n) is 1.18. The lowest BCUT2D eigenvalue weighted by Gasteiger charge is -2.16. The molecule has 0 aromatic heterocycles. The fraction of sp³-hybridized carbons (Fsp3) is 0.400. The van der Waals surface area contributed by atoms with Crippen molar-refractivity contribution >= 4 is 0 Å². The highest BCUT2D eigenvalue weighted by Crippen LogP contribution is 2.22. The summed E-state index contributed by atoms with van der Waals surface area (Å²) in [6.45, 7) is 2.90. The topological polar surface area (TPSA) is 46.2 Å². The van der Waals surface area contributed by atoms with E-state index in [4.69, 9.17) is 10.8 Å². The van der Waals surface area contributed by atoms with Gasteiger partial charge in [0, 0.05) is 5.56 Å². The van der Waals surface area contributed by atoms with E-state index >= 15 is 0 Å². The Labute approximate surface area is 81.4 Å². The molecule has 0 heterocycles. The molecule has 0 spiro atoms. The van der Waals surface area contributed by atoms with E-state index in [2.05, 4.69) is 0 Å². The molecule has 2 atom stereocenters. The standard InChI is InChI=1S/C10H13F2NO/c1-5-3-4-7(9(12)8(5)11)10(13)6(2)14/h3-4,6,10,14H,13H2,1-2H3/t6-,10+/m1/s1. The van der Waals surface area contributed by atoms with Gasteiger partial charge in [0.2, 0.25) is 0 Å². The van der Waals surface area contributed by atoms with Gasteiger partial charge in [-0.3, -0.25) is 0 Å². The summed E-state index contributed by atoms with van der Waals surface area (Å²) in [6, 6.07) is 1.94. The molecule has 0 fully saturated rings. The van der Waals surface area contributed by atoms with Gasteiger partial charge >= 0.3 is 0 Å². The second-order valence-electron chi connectivity index (χ2n) is 3.37. The van der Waals surface area contributed by atoms with Crippen LogP contribution in [0.4, 0.5) is 8.78 Å². The molecule has 1 rings (SSSR count). The maximum atomic E-state index is 13.3. The number of aryl methyl sites for hydroxylation is 1. The van der Waals surface area contributed by atoms with Gasteiger partial charge in [0.25, 0.3) is 0 Å². The summed E-state index contributed by atoms with van der Waals surface area (Å²) in [5, 5.41) is 9.14. The number of halogens is 2. The maximum Gasteiger partial charge on any atom is 0.163 e. The third kappa shape index (κ3) is 1.91. The van der Waals surface area contributed by atoms with Crippen LogP contribution in [-0.4, -0.2) is 11.2 Å². The molecule has 78 valence electrons. The van der Waals surface area contributed by atoms with E-state index < -0.39 is 23.8 Å². The first-order valence-electron chi connectivity index (χ1n) is 4.33. The van der Waals surface area contributed by atoms with Gasteiger partial charge in [-0.25, -0.2) is 8.78 Å². The highest BCUT2D eigenvalue weighted by molar-refractivity contribution is 5.28. The normalized spacial score (nSPS) is 15.3. The molecule has 2 nitrogen and oxygen atoms in total. The molecule has 0 aliphatic carbocycles. The molecule has 4 heteroatoms. The van der Waals surface area contributed by atoms with E-state index in [1.54, 1.807) is 0 Å². The zero-order valence-electron chi connectivity index (χ0n) is 8.09. The largest absolute Gasteiger partial charge is 0.391 e. The van der Waals surface area contributed by atoms with Crippen LogP contribution < -0.4 is 5.73 Å². The molecule has 0 amide bonds. The summed E-state index contributed by atoms with van der Waals surface area (Å²) in [6.07, 6.45) is -0.911. The molecule has 0 saturated carbocycles. The van der Waals surface area contributed by atoms with Crippen LogP contribution in [0.15, 0.2) is 12.1 Å². The van der Waals surface area contributed by atoms with Crippen molar-refractivity contribution in [1.29, 1.82) is 0 Å². The Kier molecular flexibility index (Phi) is 3.18. The molecule has 3 N–H and O–H groups in total. The Balaban J connectivity index is 3.17. The van der Waals surface area contributed by atoms with Crippen LogP contribution in [0, 0.1) is 18.6 Å². The van der Waals surface area contributed by atoms with Crippen molar-refractivity contribution in [3.63, 3.8) is 0 Å². The Hall–Kier alpha value is -1.00. The molecule has 0 radical (unpaired) electrons. The van der Waals surface area contributed by atoms with E-state index in [0.29, 0.717) is 0 Å². The monoisotopic (exact) mass is 201 g/mol. The minimum Gasteiger partial charge on any atom is -0.391 e. The zero-order valence-corrected chi connectivity index (χ0v) is 8.09. The Bertz CT molecular complexity index is 339. The third-order valence-corrected chi connectivity index (χ3v) is 2.18. The summed E-state index contributed by atoms with van der Waals surface area (Å²) >= 11 is 0. The molecular weight excluding hydrogens is 188 g/mol. The number of aliphatic hydroxyl groups is 1. The molecule has 1 aromatic rings. The fourth-order valence-corrected chi connectivity index (χ4v) is 1.18. The van der Waals surface area contributed by atoms with Crippen molar-refractivity contribution in [2.24, 2.45) is 5.73 Å². The van der Waals surface area contributed by atoms with Crippen molar-refractivity contribution in [1.82, 2.24) is 0 Å². The minimum absolute atomic E-state index is 0.00287. The predicted octanol–water partition coefficient (Wildman–Crippen LogP) is 1.65. The summed E-state index contributed by atoms with van der Waals surface area (Å²) < 4.78 is 26.4. The van der Waals surface area contributed by atoms with Gasteiger partial charge < -0.3 is 10.8 Å². The molecule has 0 aliphatic rings. The first-order chi connectivity index (χ1) is 6.45.